The van der Waals surface area contributed by atoms with Crippen molar-refractivity contribution < 1.29 is 9.52 Å². The van der Waals surface area contributed by atoms with Crippen LogP contribution in [-0.4, -0.2) is 33.7 Å². The lowest BCUT2D eigenvalue weighted by Crippen LogP contribution is -2.38. The van der Waals surface area contributed by atoms with E-state index >= 15 is 0 Å². The lowest BCUT2D eigenvalue weighted by Gasteiger charge is -2.27. The number of nitrogens with zero attached hydrogens (tertiary/aromatic N) is 2. The Labute approximate surface area is 104 Å². The fourth-order valence-corrected chi connectivity index (χ4v) is 1.90. The molecule has 0 aromatic carbocycles. The van der Waals surface area contributed by atoms with Crippen molar-refractivity contribution >= 4 is 0 Å². The Kier molecular flexibility index (Phi) is 4.71. The summed E-state index contributed by atoms with van der Waals surface area (Å²) in [5, 5.41) is 9.84. The summed E-state index contributed by atoms with van der Waals surface area (Å²) in [6.07, 6.45) is 1.50. The van der Waals surface area contributed by atoms with Gasteiger partial charge in [-0.05, 0) is 20.4 Å². The van der Waals surface area contributed by atoms with Gasteiger partial charge >= 0.3 is 0 Å². The SMILES string of the molecule is CCN(Cc1ncoc1C(C)C)CC(C)(C)O. The van der Waals surface area contributed by atoms with Gasteiger partial charge in [0.1, 0.15) is 5.76 Å². The average molecular weight is 240 g/mol. The molecule has 0 bridgehead atoms. The van der Waals surface area contributed by atoms with Gasteiger partial charge in [-0.3, -0.25) is 4.90 Å². The van der Waals surface area contributed by atoms with E-state index in [2.05, 4.69) is 30.7 Å². The average Bonchev–Trinajstić information content (AvgIpc) is 2.62. The molecule has 1 N–H and O–H groups in total. The summed E-state index contributed by atoms with van der Waals surface area (Å²) in [7, 11) is 0. The van der Waals surface area contributed by atoms with Gasteiger partial charge in [-0.1, -0.05) is 20.8 Å². The molecule has 4 nitrogen and oxygen atoms in total. The lowest BCUT2D eigenvalue weighted by molar-refractivity contribution is 0.0348. The van der Waals surface area contributed by atoms with Crippen LogP contribution in [0, 0.1) is 0 Å². The normalized spacial score (nSPS) is 12.7. The predicted molar refractivity (Wildman–Crippen MR) is 67.8 cm³/mol. The van der Waals surface area contributed by atoms with Gasteiger partial charge in [-0.2, -0.15) is 0 Å². The van der Waals surface area contributed by atoms with Gasteiger partial charge in [0.25, 0.3) is 0 Å². The van der Waals surface area contributed by atoms with Gasteiger partial charge in [0.15, 0.2) is 6.39 Å². The Morgan fingerprint density at radius 1 is 1.47 bits per heavy atom. The topological polar surface area (TPSA) is 49.5 Å². The highest BCUT2D eigenvalue weighted by Crippen LogP contribution is 2.20. The summed E-state index contributed by atoms with van der Waals surface area (Å²) < 4.78 is 5.40. The standard InChI is InChI=1S/C13H24N2O2/c1-6-15(8-13(4,5)16)7-11-12(10(2)3)17-9-14-11/h9-10,16H,6-8H2,1-5H3. The van der Waals surface area contributed by atoms with Crippen molar-refractivity contribution in [1.82, 2.24) is 9.88 Å². The van der Waals surface area contributed by atoms with E-state index in [1.165, 1.54) is 6.39 Å². The van der Waals surface area contributed by atoms with E-state index in [0.717, 1.165) is 24.5 Å². The molecule has 0 aliphatic rings. The Morgan fingerprint density at radius 3 is 2.59 bits per heavy atom. The maximum absolute atomic E-state index is 9.84. The second-order valence-electron chi connectivity index (χ2n) is 5.43. The number of rotatable bonds is 6. The first kappa shape index (κ1) is 14.2. The molecule has 98 valence electrons. The molecule has 17 heavy (non-hydrogen) atoms. The van der Waals surface area contributed by atoms with Gasteiger partial charge in [-0.15, -0.1) is 0 Å². The van der Waals surface area contributed by atoms with Crippen LogP contribution < -0.4 is 0 Å². The molecular formula is C13H24N2O2. The van der Waals surface area contributed by atoms with E-state index in [-0.39, 0.29) is 0 Å². The molecule has 0 spiro atoms. The zero-order chi connectivity index (χ0) is 13.1. The Morgan fingerprint density at radius 2 is 2.12 bits per heavy atom. The van der Waals surface area contributed by atoms with E-state index in [0.29, 0.717) is 12.5 Å². The van der Waals surface area contributed by atoms with Crippen molar-refractivity contribution in [3.8, 4) is 0 Å². The predicted octanol–water partition coefficient (Wildman–Crippen LogP) is 2.39. The summed E-state index contributed by atoms with van der Waals surface area (Å²) >= 11 is 0. The minimum atomic E-state index is -0.683. The highest BCUT2D eigenvalue weighted by Gasteiger charge is 2.20. The Hall–Kier alpha value is -0.870. The molecule has 0 atom stereocenters. The van der Waals surface area contributed by atoms with Gasteiger partial charge in [0.2, 0.25) is 0 Å². The van der Waals surface area contributed by atoms with Crippen LogP contribution in [0.5, 0.6) is 0 Å². The second-order valence-corrected chi connectivity index (χ2v) is 5.43. The molecule has 0 saturated heterocycles. The van der Waals surface area contributed by atoms with Crippen LogP contribution in [0.2, 0.25) is 0 Å². The van der Waals surface area contributed by atoms with Gasteiger partial charge in [0, 0.05) is 19.0 Å². The third kappa shape index (κ3) is 4.48. The molecule has 0 radical (unpaired) electrons. The Bertz CT molecular complexity index is 339. The van der Waals surface area contributed by atoms with Gasteiger partial charge < -0.3 is 9.52 Å². The number of aliphatic hydroxyl groups is 1. The van der Waals surface area contributed by atoms with Crippen molar-refractivity contribution in [2.24, 2.45) is 0 Å². The summed E-state index contributed by atoms with van der Waals surface area (Å²) in [5.41, 5.74) is 0.295. The molecule has 1 rings (SSSR count). The number of likely N-dealkylation sites (N-methyl/N-ethyl adjacent to an activating group) is 1. The molecule has 4 heteroatoms. The largest absolute Gasteiger partial charge is 0.448 e. The monoisotopic (exact) mass is 240 g/mol. The van der Waals surface area contributed by atoms with Crippen molar-refractivity contribution in [3.05, 3.63) is 17.8 Å². The third-order valence-corrected chi connectivity index (χ3v) is 2.63. The Balaban J connectivity index is 2.71. The molecule has 0 amide bonds. The minimum absolute atomic E-state index is 0.341. The van der Waals surface area contributed by atoms with E-state index in [1.807, 2.05) is 13.8 Å². The number of oxazole rings is 1. The molecule has 0 fully saturated rings. The summed E-state index contributed by atoms with van der Waals surface area (Å²) in [6, 6.07) is 0. The van der Waals surface area contributed by atoms with Crippen LogP contribution in [-0.2, 0) is 6.54 Å². The van der Waals surface area contributed by atoms with Crippen LogP contribution in [0.15, 0.2) is 10.8 Å². The fraction of sp³-hybridized carbons (Fsp3) is 0.769. The van der Waals surface area contributed by atoms with Crippen molar-refractivity contribution in [2.45, 2.75) is 52.7 Å². The summed E-state index contributed by atoms with van der Waals surface area (Å²) in [5.74, 6) is 1.28. The van der Waals surface area contributed by atoms with Gasteiger partial charge in [-0.25, -0.2) is 4.98 Å². The van der Waals surface area contributed by atoms with E-state index < -0.39 is 5.60 Å². The molecule has 1 aromatic rings. The van der Waals surface area contributed by atoms with Crippen molar-refractivity contribution in [3.63, 3.8) is 0 Å². The second kappa shape index (κ2) is 5.65. The molecule has 0 aliphatic carbocycles. The molecular weight excluding hydrogens is 216 g/mol. The first-order chi connectivity index (χ1) is 7.83. The maximum Gasteiger partial charge on any atom is 0.181 e. The summed E-state index contributed by atoms with van der Waals surface area (Å²) in [4.78, 5) is 6.44. The molecule has 0 aliphatic heterocycles. The van der Waals surface area contributed by atoms with Crippen molar-refractivity contribution in [2.75, 3.05) is 13.1 Å². The fourth-order valence-electron chi connectivity index (χ4n) is 1.90. The van der Waals surface area contributed by atoms with Crippen LogP contribution in [0.4, 0.5) is 0 Å². The first-order valence-electron chi connectivity index (χ1n) is 6.20. The van der Waals surface area contributed by atoms with Crippen LogP contribution in [0.1, 0.15) is 52.0 Å². The van der Waals surface area contributed by atoms with Crippen LogP contribution in [0.25, 0.3) is 0 Å². The number of hydrogen-bond donors (Lipinski definition) is 1. The highest BCUT2D eigenvalue weighted by atomic mass is 16.3. The minimum Gasteiger partial charge on any atom is -0.448 e. The smallest absolute Gasteiger partial charge is 0.181 e. The zero-order valence-electron chi connectivity index (χ0n) is 11.5. The number of hydrogen-bond acceptors (Lipinski definition) is 4. The lowest BCUT2D eigenvalue weighted by atomic mass is 10.1. The molecule has 1 aromatic heterocycles. The molecule has 1 heterocycles. The van der Waals surface area contributed by atoms with E-state index in [9.17, 15) is 5.11 Å². The maximum atomic E-state index is 9.84. The first-order valence-corrected chi connectivity index (χ1v) is 6.20. The van der Waals surface area contributed by atoms with E-state index in [4.69, 9.17) is 4.42 Å². The third-order valence-electron chi connectivity index (χ3n) is 2.63. The van der Waals surface area contributed by atoms with Crippen LogP contribution >= 0.6 is 0 Å². The quantitative estimate of drug-likeness (QED) is 0.829. The molecule has 0 saturated carbocycles. The molecule has 0 unspecified atom stereocenters. The zero-order valence-corrected chi connectivity index (χ0v) is 11.5. The van der Waals surface area contributed by atoms with Crippen LogP contribution in [0.3, 0.4) is 0 Å². The number of aromatic nitrogens is 1. The summed E-state index contributed by atoms with van der Waals surface area (Å²) in [6.45, 7) is 12.2. The van der Waals surface area contributed by atoms with Crippen molar-refractivity contribution in [1.29, 1.82) is 0 Å². The van der Waals surface area contributed by atoms with E-state index in [1.54, 1.807) is 0 Å². The van der Waals surface area contributed by atoms with Gasteiger partial charge in [0.05, 0.1) is 11.3 Å². The highest BCUT2D eigenvalue weighted by molar-refractivity contribution is 5.11.